The van der Waals surface area contributed by atoms with Crippen LogP contribution in [-0.4, -0.2) is 30.9 Å². The van der Waals surface area contributed by atoms with Gasteiger partial charge in [-0.2, -0.15) is 0 Å². The molecule has 0 aliphatic carbocycles. The molecule has 0 saturated carbocycles. The summed E-state index contributed by atoms with van der Waals surface area (Å²) in [7, 11) is 2.95. The topological polar surface area (TPSA) is 111 Å². The number of rotatable bonds is 6. The third-order valence-corrected chi connectivity index (χ3v) is 3.48. The van der Waals surface area contributed by atoms with E-state index in [9.17, 15) is 19.7 Å². The molecule has 2 aromatic carbocycles. The first kappa shape index (κ1) is 18.7. The number of methoxy groups -OCH3 is 1. The third kappa shape index (κ3) is 4.67. The molecule has 2 aromatic rings. The molecule has 0 atom stereocenters. The molecule has 0 aliphatic rings. The first-order valence-electron chi connectivity index (χ1n) is 7.58. The predicted octanol–water partition coefficient (Wildman–Crippen LogP) is 2.61. The van der Waals surface area contributed by atoms with Gasteiger partial charge in [-0.25, -0.2) is 0 Å². The first-order chi connectivity index (χ1) is 12.4. The molecule has 134 valence electrons. The predicted molar refractivity (Wildman–Crippen MR) is 97.1 cm³/mol. The van der Waals surface area contributed by atoms with Crippen LogP contribution in [0.5, 0.6) is 5.75 Å². The molecular formula is C18H17N3O5. The summed E-state index contributed by atoms with van der Waals surface area (Å²) in [5, 5.41) is 15.9. The van der Waals surface area contributed by atoms with Gasteiger partial charge in [0, 0.05) is 30.8 Å². The molecule has 0 radical (unpaired) electrons. The van der Waals surface area contributed by atoms with Crippen molar-refractivity contribution >= 4 is 29.3 Å². The molecule has 0 aromatic heterocycles. The summed E-state index contributed by atoms with van der Waals surface area (Å²) in [5.41, 5.74) is 1.27. The number of nitro groups is 1. The fraction of sp³-hybridized carbons (Fsp3) is 0.111. The van der Waals surface area contributed by atoms with E-state index in [1.165, 1.54) is 31.4 Å². The van der Waals surface area contributed by atoms with E-state index in [4.69, 9.17) is 4.74 Å². The van der Waals surface area contributed by atoms with E-state index in [-0.39, 0.29) is 17.3 Å². The summed E-state index contributed by atoms with van der Waals surface area (Å²) in [6.45, 7) is 0. The second-order valence-corrected chi connectivity index (χ2v) is 5.17. The third-order valence-electron chi connectivity index (χ3n) is 3.48. The van der Waals surface area contributed by atoms with Crippen molar-refractivity contribution in [2.75, 3.05) is 19.5 Å². The van der Waals surface area contributed by atoms with Gasteiger partial charge >= 0.3 is 0 Å². The van der Waals surface area contributed by atoms with Crippen LogP contribution in [0.1, 0.15) is 15.9 Å². The summed E-state index contributed by atoms with van der Waals surface area (Å²) in [6.07, 6.45) is 2.85. The second kappa shape index (κ2) is 8.43. The molecule has 0 fully saturated rings. The standard InChI is InChI=1S/C18H17N3O5/c1-19-18(23)13-6-3-12(4-7-13)5-10-17(22)20-15-11-14(21(24)25)8-9-16(15)26-2/h3-11H,1-2H3,(H,19,23)(H,20,22)/b10-5+. The van der Waals surface area contributed by atoms with E-state index >= 15 is 0 Å². The molecule has 0 spiro atoms. The van der Waals surface area contributed by atoms with Crippen LogP contribution in [0, 0.1) is 10.1 Å². The molecule has 26 heavy (non-hydrogen) atoms. The first-order valence-corrected chi connectivity index (χ1v) is 7.58. The van der Waals surface area contributed by atoms with E-state index in [0.29, 0.717) is 11.3 Å². The molecule has 8 nitrogen and oxygen atoms in total. The van der Waals surface area contributed by atoms with Crippen molar-refractivity contribution in [2.24, 2.45) is 0 Å². The number of amides is 2. The molecule has 0 unspecified atom stereocenters. The zero-order valence-corrected chi connectivity index (χ0v) is 14.2. The summed E-state index contributed by atoms with van der Waals surface area (Å²) >= 11 is 0. The van der Waals surface area contributed by atoms with Crippen LogP contribution in [0.15, 0.2) is 48.5 Å². The van der Waals surface area contributed by atoms with Gasteiger partial charge < -0.3 is 15.4 Å². The van der Waals surface area contributed by atoms with Crippen molar-refractivity contribution in [1.29, 1.82) is 0 Å². The second-order valence-electron chi connectivity index (χ2n) is 5.17. The highest BCUT2D eigenvalue weighted by molar-refractivity contribution is 6.03. The molecule has 0 aliphatic heterocycles. The zero-order chi connectivity index (χ0) is 19.1. The van der Waals surface area contributed by atoms with Gasteiger partial charge in [-0.15, -0.1) is 0 Å². The van der Waals surface area contributed by atoms with Crippen molar-refractivity contribution in [3.8, 4) is 5.75 Å². The number of anilines is 1. The lowest BCUT2D eigenvalue weighted by Gasteiger charge is -2.08. The van der Waals surface area contributed by atoms with Crippen LogP contribution in [0.25, 0.3) is 6.08 Å². The number of carbonyl (C=O) groups excluding carboxylic acids is 2. The lowest BCUT2D eigenvalue weighted by atomic mass is 10.1. The highest BCUT2D eigenvalue weighted by Crippen LogP contribution is 2.28. The Morgan fingerprint density at radius 1 is 1.15 bits per heavy atom. The smallest absolute Gasteiger partial charge is 0.271 e. The summed E-state index contributed by atoms with van der Waals surface area (Å²) in [4.78, 5) is 33.8. The van der Waals surface area contributed by atoms with Crippen LogP contribution >= 0.6 is 0 Å². The molecule has 2 N–H and O–H groups in total. The Morgan fingerprint density at radius 2 is 1.85 bits per heavy atom. The van der Waals surface area contributed by atoms with Gasteiger partial charge in [-0.3, -0.25) is 19.7 Å². The van der Waals surface area contributed by atoms with E-state index in [1.807, 2.05) is 0 Å². The van der Waals surface area contributed by atoms with Crippen LogP contribution in [0.3, 0.4) is 0 Å². The minimum absolute atomic E-state index is 0.158. The fourth-order valence-corrected chi connectivity index (χ4v) is 2.14. The fourth-order valence-electron chi connectivity index (χ4n) is 2.14. The number of benzene rings is 2. The highest BCUT2D eigenvalue weighted by atomic mass is 16.6. The molecule has 0 saturated heterocycles. The maximum atomic E-state index is 12.1. The average Bonchev–Trinajstić information content (AvgIpc) is 2.66. The minimum atomic E-state index is -0.557. The summed E-state index contributed by atoms with van der Waals surface area (Å²) < 4.78 is 5.09. The van der Waals surface area contributed by atoms with E-state index < -0.39 is 10.8 Å². The van der Waals surface area contributed by atoms with Gasteiger partial charge in [0.1, 0.15) is 5.75 Å². The SMILES string of the molecule is CNC(=O)c1ccc(/C=C/C(=O)Nc2cc([N+](=O)[O-])ccc2OC)cc1. The Balaban J connectivity index is 2.10. The molecular weight excluding hydrogens is 338 g/mol. The quantitative estimate of drug-likeness (QED) is 0.470. The normalized spacial score (nSPS) is 10.4. The molecule has 8 heteroatoms. The largest absolute Gasteiger partial charge is 0.495 e. The van der Waals surface area contributed by atoms with Gasteiger partial charge in [0.05, 0.1) is 17.7 Å². The molecule has 2 amide bonds. The number of hydrogen-bond acceptors (Lipinski definition) is 5. The van der Waals surface area contributed by atoms with Crippen molar-refractivity contribution < 1.29 is 19.2 Å². The number of nitrogens with one attached hydrogen (secondary N) is 2. The highest BCUT2D eigenvalue weighted by Gasteiger charge is 2.12. The van der Waals surface area contributed by atoms with Crippen LogP contribution in [0.4, 0.5) is 11.4 Å². The Morgan fingerprint density at radius 3 is 2.42 bits per heavy atom. The Hall–Kier alpha value is -3.68. The summed E-state index contributed by atoms with van der Waals surface area (Å²) in [6, 6.07) is 10.6. The summed E-state index contributed by atoms with van der Waals surface area (Å²) in [5.74, 6) is -0.359. The maximum Gasteiger partial charge on any atom is 0.271 e. The number of carbonyl (C=O) groups is 2. The minimum Gasteiger partial charge on any atom is -0.495 e. The van der Waals surface area contributed by atoms with E-state index in [0.717, 1.165) is 5.56 Å². The van der Waals surface area contributed by atoms with Crippen LogP contribution in [-0.2, 0) is 4.79 Å². The van der Waals surface area contributed by atoms with Crippen LogP contribution < -0.4 is 15.4 Å². The Kier molecular flexibility index (Phi) is 6.05. The monoisotopic (exact) mass is 355 g/mol. The van der Waals surface area contributed by atoms with Gasteiger partial charge in [0.15, 0.2) is 0 Å². The van der Waals surface area contributed by atoms with Gasteiger partial charge in [-0.1, -0.05) is 12.1 Å². The Labute approximate surface area is 149 Å². The Bertz CT molecular complexity index is 860. The van der Waals surface area contributed by atoms with Crippen molar-refractivity contribution in [2.45, 2.75) is 0 Å². The van der Waals surface area contributed by atoms with E-state index in [1.54, 1.807) is 37.4 Å². The number of hydrogen-bond donors (Lipinski definition) is 2. The lowest BCUT2D eigenvalue weighted by molar-refractivity contribution is -0.384. The van der Waals surface area contributed by atoms with Gasteiger partial charge in [0.2, 0.25) is 5.91 Å². The lowest BCUT2D eigenvalue weighted by Crippen LogP contribution is -2.17. The number of nitro benzene ring substituents is 1. The van der Waals surface area contributed by atoms with Crippen molar-refractivity contribution in [3.05, 3.63) is 69.8 Å². The van der Waals surface area contributed by atoms with E-state index in [2.05, 4.69) is 10.6 Å². The number of ether oxygens (including phenoxy) is 1. The molecule has 2 rings (SSSR count). The maximum absolute atomic E-state index is 12.1. The average molecular weight is 355 g/mol. The van der Waals surface area contributed by atoms with Crippen molar-refractivity contribution in [3.63, 3.8) is 0 Å². The van der Waals surface area contributed by atoms with Crippen LogP contribution in [0.2, 0.25) is 0 Å². The molecule has 0 bridgehead atoms. The van der Waals surface area contributed by atoms with Crippen molar-refractivity contribution in [1.82, 2.24) is 5.32 Å². The number of non-ortho nitro benzene ring substituents is 1. The van der Waals surface area contributed by atoms with Gasteiger partial charge in [-0.05, 0) is 29.8 Å². The zero-order valence-electron chi connectivity index (χ0n) is 14.2. The number of nitrogens with zero attached hydrogens (tertiary/aromatic N) is 1. The van der Waals surface area contributed by atoms with Gasteiger partial charge in [0.25, 0.3) is 11.6 Å². The molecule has 0 heterocycles.